The monoisotopic (exact) mass is 340 g/mol. The number of fused-ring (bicyclic) bond motifs is 1. The Bertz CT molecular complexity index is 727. The number of carboxylic acids is 1. The Morgan fingerprint density at radius 3 is 2.61 bits per heavy atom. The van der Waals surface area contributed by atoms with Crippen molar-refractivity contribution in [2.45, 2.75) is 44.0 Å². The predicted molar refractivity (Wildman–Crippen MR) is 84.6 cm³/mol. The van der Waals surface area contributed by atoms with Gasteiger partial charge in [0.15, 0.2) is 0 Å². The van der Waals surface area contributed by atoms with Crippen LogP contribution >= 0.6 is 0 Å². The van der Waals surface area contributed by atoms with E-state index in [0.29, 0.717) is 24.9 Å². The maximum Gasteiger partial charge on any atom is 0.322 e. The van der Waals surface area contributed by atoms with E-state index in [1.165, 1.54) is 18.2 Å². The summed E-state index contributed by atoms with van der Waals surface area (Å²) in [7, 11) is -3.95. The van der Waals surface area contributed by atoms with Gasteiger partial charge in [0.05, 0.1) is 4.90 Å². The second-order valence-corrected chi connectivity index (χ2v) is 7.62. The fraction of sp³-hybridized carbons (Fsp3) is 0.467. The molecular formula is C15H20N2O5S. The number of hydrogen-bond acceptors (Lipinski definition) is 4. The average molecular weight is 340 g/mol. The van der Waals surface area contributed by atoms with Crippen molar-refractivity contribution in [1.82, 2.24) is 4.72 Å². The third-order valence-electron chi connectivity index (χ3n) is 3.73. The molecule has 2 rings (SSSR count). The Hall–Kier alpha value is -1.93. The van der Waals surface area contributed by atoms with Crippen molar-refractivity contribution < 1.29 is 23.1 Å². The lowest BCUT2D eigenvalue weighted by Gasteiger charge is -2.18. The number of aryl methyl sites for hydroxylation is 1. The molecule has 3 N–H and O–H groups in total. The highest BCUT2D eigenvalue weighted by molar-refractivity contribution is 7.89. The molecular weight excluding hydrogens is 320 g/mol. The minimum atomic E-state index is -3.95. The van der Waals surface area contributed by atoms with Crippen LogP contribution in [-0.4, -0.2) is 31.4 Å². The normalized spacial score (nSPS) is 16.4. The Morgan fingerprint density at radius 2 is 2.00 bits per heavy atom. The molecule has 0 saturated heterocycles. The van der Waals surface area contributed by atoms with E-state index in [2.05, 4.69) is 10.0 Å². The lowest BCUT2D eigenvalue weighted by molar-refractivity contribution is -0.140. The number of aliphatic carboxylic acids is 1. The summed E-state index contributed by atoms with van der Waals surface area (Å²) in [5.41, 5.74) is 1.33. The van der Waals surface area contributed by atoms with E-state index in [1.54, 1.807) is 13.8 Å². The zero-order valence-electron chi connectivity index (χ0n) is 13.0. The van der Waals surface area contributed by atoms with E-state index >= 15 is 0 Å². The van der Waals surface area contributed by atoms with Gasteiger partial charge in [-0.3, -0.25) is 9.59 Å². The van der Waals surface area contributed by atoms with Gasteiger partial charge in [-0.1, -0.05) is 13.8 Å². The third kappa shape index (κ3) is 4.08. The number of benzene rings is 1. The smallest absolute Gasteiger partial charge is 0.322 e. The van der Waals surface area contributed by atoms with Crippen molar-refractivity contribution >= 4 is 27.6 Å². The van der Waals surface area contributed by atoms with Gasteiger partial charge in [-0.2, -0.15) is 4.72 Å². The Morgan fingerprint density at radius 1 is 1.30 bits per heavy atom. The molecule has 0 aromatic heterocycles. The van der Waals surface area contributed by atoms with Crippen molar-refractivity contribution in [2.75, 3.05) is 5.32 Å². The van der Waals surface area contributed by atoms with Gasteiger partial charge >= 0.3 is 5.97 Å². The molecule has 0 saturated carbocycles. The Balaban J connectivity index is 2.32. The van der Waals surface area contributed by atoms with Crippen LogP contribution < -0.4 is 10.0 Å². The van der Waals surface area contributed by atoms with Crippen LogP contribution in [0.2, 0.25) is 0 Å². The number of carbonyl (C=O) groups is 2. The summed E-state index contributed by atoms with van der Waals surface area (Å²) >= 11 is 0. The Labute approximate surface area is 135 Å². The highest BCUT2D eigenvalue weighted by Gasteiger charge is 2.28. The number of sulfonamides is 1. The van der Waals surface area contributed by atoms with Crippen molar-refractivity contribution in [3.05, 3.63) is 23.8 Å². The second kappa shape index (κ2) is 6.67. The number of nitrogens with one attached hydrogen (secondary N) is 2. The molecule has 1 aliphatic heterocycles. The van der Waals surface area contributed by atoms with Crippen LogP contribution in [0.1, 0.15) is 32.3 Å². The molecule has 1 aliphatic rings. The maximum atomic E-state index is 12.4. The third-order valence-corrected chi connectivity index (χ3v) is 5.16. The number of rotatable bonds is 5. The molecule has 0 fully saturated rings. The zero-order valence-corrected chi connectivity index (χ0v) is 13.8. The van der Waals surface area contributed by atoms with Crippen LogP contribution in [-0.2, 0) is 26.0 Å². The van der Waals surface area contributed by atoms with Gasteiger partial charge < -0.3 is 10.4 Å². The minimum absolute atomic E-state index is 0.000649. The highest BCUT2D eigenvalue weighted by atomic mass is 32.2. The van der Waals surface area contributed by atoms with Gasteiger partial charge in [-0.05, 0) is 42.5 Å². The summed E-state index contributed by atoms with van der Waals surface area (Å²) in [5, 5.41) is 11.9. The molecule has 0 bridgehead atoms. The number of anilines is 1. The molecule has 1 heterocycles. The predicted octanol–water partition coefficient (Wildman–Crippen LogP) is 1.35. The van der Waals surface area contributed by atoms with Gasteiger partial charge in [0, 0.05) is 12.1 Å². The molecule has 7 nitrogen and oxygen atoms in total. The largest absolute Gasteiger partial charge is 0.480 e. The van der Waals surface area contributed by atoms with Gasteiger partial charge in [0.2, 0.25) is 15.9 Å². The van der Waals surface area contributed by atoms with Crippen LogP contribution in [0, 0.1) is 5.92 Å². The summed E-state index contributed by atoms with van der Waals surface area (Å²) in [5.74, 6) is -1.70. The van der Waals surface area contributed by atoms with Gasteiger partial charge in [-0.15, -0.1) is 0 Å². The molecule has 0 radical (unpaired) electrons. The number of amides is 1. The topological polar surface area (TPSA) is 113 Å². The first kappa shape index (κ1) is 17.4. The zero-order chi connectivity index (χ0) is 17.2. The summed E-state index contributed by atoms with van der Waals surface area (Å²) in [6.45, 7) is 3.27. The van der Waals surface area contributed by atoms with E-state index in [-0.39, 0.29) is 16.7 Å². The molecule has 1 aromatic rings. The quantitative estimate of drug-likeness (QED) is 0.749. The molecule has 1 aromatic carbocycles. The first-order valence-electron chi connectivity index (χ1n) is 7.38. The number of hydrogen-bond donors (Lipinski definition) is 3. The fourth-order valence-electron chi connectivity index (χ4n) is 2.42. The van der Waals surface area contributed by atoms with E-state index in [1.807, 2.05) is 0 Å². The molecule has 0 aliphatic carbocycles. The van der Waals surface area contributed by atoms with Crippen LogP contribution in [0.5, 0.6) is 0 Å². The lowest BCUT2D eigenvalue weighted by Crippen LogP contribution is -2.44. The standard InChI is InChI=1S/C15H20N2O5S/c1-9(2)14(15(19)20)17-23(21,22)11-6-7-12-10(8-11)4-3-5-13(18)16-12/h6-9,14,17H,3-5H2,1-2H3,(H,16,18)(H,19,20). The molecule has 1 amide bonds. The first-order chi connectivity index (χ1) is 10.7. The molecule has 1 unspecified atom stereocenters. The molecule has 0 spiro atoms. The number of carboxylic acid groups (broad SMARTS) is 1. The lowest BCUT2D eigenvalue weighted by atomic mass is 10.1. The van der Waals surface area contributed by atoms with Crippen molar-refractivity contribution in [3.63, 3.8) is 0 Å². The SMILES string of the molecule is CC(C)C(NS(=O)(=O)c1ccc2c(c1)CCCC(=O)N2)C(=O)O. The van der Waals surface area contributed by atoms with Crippen LogP contribution in [0.3, 0.4) is 0 Å². The second-order valence-electron chi connectivity index (χ2n) is 5.90. The van der Waals surface area contributed by atoms with Crippen molar-refractivity contribution in [3.8, 4) is 0 Å². The molecule has 8 heteroatoms. The highest BCUT2D eigenvalue weighted by Crippen LogP contribution is 2.25. The molecule has 1 atom stereocenters. The van der Waals surface area contributed by atoms with E-state index in [9.17, 15) is 18.0 Å². The fourth-order valence-corrected chi connectivity index (χ4v) is 3.81. The van der Waals surface area contributed by atoms with Gasteiger partial charge in [0.1, 0.15) is 6.04 Å². The van der Waals surface area contributed by atoms with E-state index in [4.69, 9.17) is 5.11 Å². The summed E-state index contributed by atoms with van der Waals surface area (Å²) in [6, 6.07) is 3.20. The summed E-state index contributed by atoms with van der Waals surface area (Å²) < 4.78 is 27.1. The van der Waals surface area contributed by atoms with Crippen LogP contribution in [0.4, 0.5) is 5.69 Å². The molecule has 126 valence electrons. The maximum absolute atomic E-state index is 12.4. The minimum Gasteiger partial charge on any atom is -0.480 e. The number of carbonyl (C=O) groups excluding carboxylic acids is 1. The summed E-state index contributed by atoms with van der Waals surface area (Å²) in [6.07, 6.45) is 1.62. The van der Waals surface area contributed by atoms with E-state index in [0.717, 1.165) is 5.56 Å². The molecule has 23 heavy (non-hydrogen) atoms. The van der Waals surface area contributed by atoms with Gasteiger partial charge in [0.25, 0.3) is 0 Å². The Kier molecular flexibility index (Phi) is 5.06. The van der Waals surface area contributed by atoms with Gasteiger partial charge in [-0.25, -0.2) is 8.42 Å². The van der Waals surface area contributed by atoms with Crippen LogP contribution in [0.25, 0.3) is 0 Å². The summed E-state index contributed by atoms with van der Waals surface area (Å²) in [4.78, 5) is 22.7. The average Bonchev–Trinajstić information content (AvgIpc) is 2.64. The first-order valence-corrected chi connectivity index (χ1v) is 8.87. The van der Waals surface area contributed by atoms with Crippen molar-refractivity contribution in [2.24, 2.45) is 5.92 Å². The van der Waals surface area contributed by atoms with Crippen molar-refractivity contribution in [1.29, 1.82) is 0 Å². The van der Waals surface area contributed by atoms with Crippen LogP contribution in [0.15, 0.2) is 23.1 Å². The van der Waals surface area contributed by atoms with E-state index < -0.39 is 22.0 Å².